The summed E-state index contributed by atoms with van der Waals surface area (Å²) in [4.78, 5) is 54.1. The lowest BCUT2D eigenvalue weighted by Crippen LogP contribution is -2.42. The number of methoxy groups -OCH3 is 3. The summed E-state index contributed by atoms with van der Waals surface area (Å²) in [6.45, 7) is 3.94. The van der Waals surface area contributed by atoms with Crippen LogP contribution in [0.15, 0.2) is 60.7 Å². The fraction of sp³-hybridized carbons (Fsp3) is 0.353. The van der Waals surface area contributed by atoms with Gasteiger partial charge in [-0.3, -0.25) is 14.4 Å². The van der Waals surface area contributed by atoms with Crippen molar-refractivity contribution in [1.29, 1.82) is 0 Å². The smallest absolute Gasteiger partial charge is 0.323 e. The molecule has 0 radical (unpaired) electrons. The molecule has 0 saturated heterocycles. The lowest BCUT2D eigenvalue weighted by molar-refractivity contribution is -0.145. The van der Waals surface area contributed by atoms with Crippen LogP contribution in [0.3, 0.4) is 0 Å². The number of benzene rings is 3. The van der Waals surface area contributed by atoms with E-state index in [1.54, 1.807) is 56.4 Å². The lowest BCUT2D eigenvalue weighted by Gasteiger charge is -2.26. The second-order valence-corrected chi connectivity index (χ2v) is 10.4. The number of carbonyl (C=O) groups is 4. The Morgan fingerprint density at radius 1 is 0.761 bits per heavy atom. The Morgan fingerprint density at radius 3 is 2.09 bits per heavy atom. The molecule has 3 rings (SSSR count). The van der Waals surface area contributed by atoms with E-state index in [-0.39, 0.29) is 50.9 Å². The summed E-state index contributed by atoms with van der Waals surface area (Å²) in [5.41, 5.74) is 3.43. The molecule has 3 aromatic carbocycles. The first kappa shape index (κ1) is 35.2. The molecule has 0 aromatic heterocycles. The van der Waals surface area contributed by atoms with Gasteiger partial charge in [0.2, 0.25) is 11.8 Å². The van der Waals surface area contributed by atoms with E-state index in [4.69, 9.17) is 18.9 Å². The van der Waals surface area contributed by atoms with Gasteiger partial charge in [0, 0.05) is 25.8 Å². The fourth-order valence-electron chi connectivity index (χ4n) is 4.59. The van der Waals surface area contributed by atoms with E-state index in [0.29, 0.717) is 34.2 Å². The third-order valence-electron chi connectivity index (χ3n) is 7.13. The van der Waals surface area contributed by atoms with Gasteiger partial charge in [-0.1, -0.05) is 30.3 Å². The van der Waals surface area contributed by atoms with Crippen molar-refractivity contribution in [3.05, 3.63) is 77.4 Å². The van der Waals surface area contributed by atoms with Crippen molar-refractivity contribution in [2.75, 3.05) is 58.7 Å². The third kappa shape index (κ3) is 10.1. The quantitative estimate of drug-likeness (QED) is 0.231. The summed E-state index contributed by atoms with van der Waals surface area (Å²) in [7, 11) is 6.07. The molecule has 46 heavy (non-hydrogen) atoms. The van der Waals surface area contributed by atoms with Crippen molar-refractivity contribution < 1.29 is 38.1 Å². The van der Waals surface area contributed by atoms with Crippen molar-refractivity contribution in [1.82, 2.24) is 9.80 Å². The van der Waals surface area contributed by atoms with Gasteiger partial charge in [0.1, 0.15) is 5.75 Å². The molecule has 246 valence electrons. The van der Waals surface area contributed by atoms with Crippen molar-refractivity contribution in [3.8, 4) is 17.2 Å². The first-order chi connectivity index (χ1) is 22.1. The second-order valence-electron chi connectivity index (χ2n) is 10.4. The number of hydrogen-bond donors (Lipinski definition) is 2. The van der Waals surface area contributed by atoms with Gasteiger partial charge in [-0.15, -0.1) is 0 Å². The Kier molecular flexibility index (Phi) is 13.2. The van der Waals surface area contributed by atoms with Crippen LogP contribution in [-0.4, -0.2) is 81.7 Å². The molecule has 0 aliphatic rings. The van der Waals surface area contributed by atoms with E-state index in [1.165, 1.54) is 31.1 Å². The molecule has 3 aromatic rings. The number of hydrogen-bond acceptors (Lipinski definition) is 8. The lowest BCUT2D eigenvalue weighted by atomic mass is 10.1. The molecule has 0 unspecified atom stereocenters. The molecule has 4 amide bonds. The highest BCUT2D eigenvalue weighted by Crippen LogP contribution is 2.29. The fourth-order valence-corrected chi connectivity index (χ4v) is 4.59. The molecule has 0 heterocycles. The largest absolute Gasteiger partial charge is 0.495 e. The minimum Gasteiger partial charge on any atom is -0.495 e. The van der Waals surface area contributed by atoms with Crippen molar-refractivity contribution in [3.63, 3.8) is 0 Å². The van der Waals surface area contributed by atoms with Gasteiger partial charge in [-0.25, -0.2) is 4.79 Å². The van der Waals surface area contributed by atoms with Crippen LogP contribution in [0.2, 0.25) is 0 Å². The van der Waals surface area contributed by atoms with Crippen LogP contribution in [0.25, 0.3) is 0 Å². The number of esters is 1. The van der Waals surface area contributed by atoms with Gasteiger partial charge in [-0.2, -0.15) is 0 Å². The minimum absolute atomic E-state index is 0.00562. The van der Waals surface area contributed by atoms with Crippen LogP contribution in [0, 0.1) is 6.92 Å². The first-order valence-corrected chi connectivity index (χ1v) is 14.8. The van der Waals surface area contributed by atoms with Gasteiger partial charge in [0.15, 0.2) is 11.5 Å². The van der Waals surface area contributed by atoms with Crippen LogP contribution in [0.4, 0.5) is 16.2 Å². The Bertz CT molecular complexity index is 1530. The van der Waals surface area contributed by atoms with Crippen LogP contribution in [0.5, 0.6) is 17.2 Å². The second kappa shape index (κ2) is 17.3. The summed E-state index contributed by atoms with van der Waals surface area (Å²) < 4.78 is 21.2. The molecular formula is C34H42N4O8. The zero-order chi connectivity index (χ0) is 33.6. The normalized spacial score (nSPS) is 10.4. The average molecular weight is 635 g/mol. The number of aryl methyl sites for hydroxylation is 1. The maximum absolute atomic E-state index is 13.4. The van der Waals surface area contributed by atoms with Gasteiger partial charge < -0.3 is 39.4 Å². The predicted octanol–water partition coefficient (Wildman–Crippen LogP) is 4.65. The molecule has 0 saturated carbocycles. The Hall–Kier alpha value is -5.26. The summed E-state index contributed by atoms with van der Waals surface area (Å²) in [6, 6.07) is 17.3. The number of nitrogens with zero attached hydrogens (tertiary/aromatic N) is 2. The van der Waals surface area contributed by atoms with Crippen molar-refractivity contribution >= 4 is 35.2 Å². The number of ether oxygens (including phenoxy) is 4. The SMILES string of the molecule is CCOC(=O)CCN(Cc1ccc(OC)c(OC)c1)C(=O)CN(C)C(=O)Cc1ccc(NC(=O)Nc2ccccc2C)c(OC)c1. The Balaban J connectivity index is 1.66. The number of nitrogens with one attached hydrogen (secondary N) is 2. The first-order valence-electron chi connectivity index (χ1n) is 14.8. The van der Waals surface area contributed by atoms with Crippen LogP contribution < -0.4 is 24.8 Å². The Morgan fingerprint density at radius 2 is 1.41 bits per heavy atom. The van der Waals surface area contributed by atoms with E-state index < -0.39 is 12.0 Å². The molecule has 0 aliphatic carbocycles. The van der Waals surface area contributed by atoms with E-state index in [9.17, 15) is 19.2 Å². The van der Waals surface area contributed by atoms with Crippen LogP contribution >= 0.6 is 0 Å². The summed E-state index contributed by atoms with van der Waals surface area (Å²) in [5.74, 6) is 0.373. The van der Waals surface area contributed by atoms with Crippen LogP contribution in [0.1, 0.15) is 30.0 Å². The number of carbonyl (C=O) groups excluding carboxylic acids is 4. The zero-order valence-electron chi connectivity index (χ0n) is 27.2. The number of para-hydroxylation sites is 1. The number of rotatable bonds is 15. The van der Waals surface area contributed by atoms with E-state index >= 15 is 0 Å². The maximum atomic E-state index is 13.4. The number of anilines is 2. The standard InChI is InChI=1S/C34H42N4O8/c1-7-46-33(41)16-17-38(21-25-13-15-28(43-4)30(19-25)45-6)32(40)22-37(3)31(39)20-24-12-14-27(29(18-24)44-5)36-34(42)35-26-11-9-8-10-23(26)2/h8-15,18-19H,7,16-17,20-22H2,1-6H3,(H2,35,36,42). The van der Waals surface area contributed by atoms with Crippen molar-refractivity contribution in [2.24, 2.45) is 0 Å². The molecule has 0 fully saturated rings. The van der Waals surface area contributed by atoms with Gasteiger partial charge in [0.25, 0.3) is 0 Å². The summed E-state index contributed by atoms with van der Waals surface area (Å²) in [6.07, 6.45) is 0.00200. The molecule has 12 heteroatoms. The number of amides is 4. The number of urea groups is 1. The molecule has 0 bridgehead atoms. The predicted molar refractivity (Wildman–Crippen MR) is 174 cm³/mol. The molecule has 0 spiro atoms. The number of likely N-dealkylation sites (N-methyl/N-ethyl adjacent to an activating group) is 1. The van der Waals surface area contributed by atoms with Gasteiger partial charge in [-0.05, 0) is 60.9 Å². The molecular weight excluding hydrogens is 592 g/mol. The highest BCUT2D eigenvalue weighted by atomic mass is 16.5. The van der Waals surface area contributed by atoms with E-state index in [1.807, 2.05) is 25.1 Å². The molecule has 2 N–H and O–H groups in total. The monoisotopic (exact) mass is 634 g/mol. The summed E-state index contributed by atoms with van der Waals surface area (Å²) >= 11 is 0. The molecule has 0 atom stereocenters. The maximum Gasteiger partial charge on any atom is 0.323 e. The third-order valence-corrected chi connectivity index (χ3v) is 7.13. The molecule has 12 nitrogen and oxygen atoms in total. The summed E-state index contributed by atoms with van der Waals surface area (Å²) in [5, 5.41) is 5.58. The van der Waals surface area contributed by atoms with E-state index in [2.05, 4.69) is 10.6 Å². The van der Waals surface area contributed by atoms with Gasteiger partial charge >= 0.3 is 12.0 Å². The molecule has 0 aliphatic heterocycles. The highest BCUT2D eigenvalue weighted by Gasteiger charge is 2.21. The van der Waals surface area contributed by atoms with Gasteiger partial charge in [0.05, 0.1) is 53.0 Å². The Labute approximate surface area is 269 Å². The highest BCUT2D eigenvalue weighted by molar-refractivity contribution is 6.01. The minimum atomic E-state index is -0.435. The van der Waals surface area contributed by atoms with Crippen LogP contribution in [-0.2, 0) is 32.1 Å². The van der Waals surface area contributed by atoms with E-state index in [0.717, 1.165) is 11.1 Å². The van der Waals surface area contributed by atoms with Crippen molar-refractivity contribution in [2.45, 2.75) is 33.2 Å². The topological polar surface area (TPSA) is 136 Å². The zero-order valence-corrected chi connectivity index (χ0v) is 27.2. The average Bonchev–Trinajstić information content (AvgIpc) is 3.04.